The standard InChI is InChI=1S/C23H37N3O6/c1-9-26(20(30)16(13-27)24-21(31)32-23(6,7)8)18(19(29)25-22(3,4)5)15-10-11-17(28)14(2)12-15/h10-12,16,18,27-28H,9,13H2,1-8H3,(H,24,31)(H,25,29). The van der Waals surface area contributed by atoms with E-state index in [1.54, 1.807) is 46.8 Å². The number of nitrogens with zero attached hydrogens (tertiary/aromatic N) is 1. The molecular formula is C23H37N3O6. The highest BCUT2D eigenvalue weighted by molar-refractivity contribution is 5.92. The van der Waals surface area contributed by atoms with Gasteiger partial charge in [0.1, 0.15) is 23.4 Å². The fourth-order valence-corrected chi connectivity index (χ4v) is 3.06. The summed E-state index contributed by atoms with van der Waals surface area (Å²) < 4.78 is 5.18. The number of amides is 3. The highest BCUT2D eigenvalue weighted by Gasteiger charge is 2.36. The van der Waals surface area contributed by atoms with Gasteiger partial charge in [0, 0.05) is 12.1 Å². The van der Waals surface area contributed by atoms with E-state index in [9.17, 15) is 24.6 Å². The van der Waals surface area contributed by atoms with Crippen molar-refractivity contribution in [1.29, 1.82) is 0 Å². The fourth-order valence-electron chi connectivity index (χ4n) is 3.06. The molecule has 1 aromatic carbocycles. The Morgan fingerprint density at radius 3 is 2.16 bits per heavy atom. The molecule has 9 heteroatoms. The Morgan fingerprint density at radius 2 is 1.72 bits per heavy atom. The van der Waals surface area contributed by atoms with Crippen molar-refractivity contribution in [3.8, 4) is 5.75 Å². The SMILES string of the molecule is CCN(C(=O)C(CO)NC(=O)OC(C)(C)C)C(C(=O)NC(C)(C)C)c1ccc(O)c(C)c1. The van der Waals surface area contributed by atoms with E-state index >= 15 is 0 Å². The van der Waals surface area contributed by atoms with E-state index in [1.165, 1.54) is 11.0 Å². The Hall–Kier alpha value is -2.81. The minimum atomic E-state index is -1.30. The molecule has 0 saturated carbocycles. The number of likely N-dealkylation sites (N-methyl/N-ethyl adjacent to an activating group) is 1. The van der Waals surface area contributed by atoms with Crippen molar-refractivity contribution >= 4 is 17.9 Å². The molecule has 3 amide bonds. The van der Waals surface area contributed by atoms with Gasteiger partial charge in [-0.1, -0.05) is 6.07 Å². The molecule has 4 N–H and O–H groups in total. The number of benzene rings is 1. The van der Waals surface area contributed by atoms with Gasteiger partial charge >= 0.3 is 6.09 Å². The van der Waals surface area contributed by atoms with Crippen LogP contribution in [0.1, 0.15) is 65.6 Å². The van der Waals surface area contributed by atoms with E-state index in [4.69, 9.17) is 4.74 Å². The first-order valence-electron chi connectivity index (χ1n) is 10.6. The first kappa shape index (κ1) is 27.2. The maximum atomic E-state index is 13.3. The van der Waals surface area contributed by atoms with Crippen LogP contribution >= 0.6 is 0 Å². The molecule has 0 aliphatic heterocycles. The van der Waals surface area contributed by atoms with Crippen LogP contribution in [0.25, 0.3) is 0 Å². The highest BCUT2D eigenvalue weighted by atomic mass is 16.6. The Morgan fingerprint density at radius 1 is 1.12 bits per heavy atom. The van der Waals surface area contributed by atoms with Crippen LogP contribution in [0.5, 0.6) is 5.75 Å². The molecule has 0 spiro atoms. The van der Waals surface area contributed by atoms with Gasteiger partial charge in [-0.15, -0.1) is 0 Å². The Bertz CT molecular complexity index is 826. The summed E-state index contributed by atoms with van der Waals surface area (Å²) in [4.78, 5) is 40.0. The van der Waals surface area contributed by atoms with Crippen LogP contribution in [-0.4, -0.2) is 63.4 Å². The lowest BCUT2D eigenvalue weighted by atomic mass is 9.99. The van der Waals surface area contributed by atoms with Crippen molar-refractivity contribution in [3.05, 3.63) is 29.3 Å². The van der Waals surface area contributed by atoms with Crippen LogP contribution in [0.15, 0.2) is 18.2 Å². The maximum Gasteiger partial charge on any atom is 0.408 e. The third-order valence-corrected chi connectivity index (χ3v) is 4.39. The third kappa shape index (κ3) is 8.03. The first-order chi connectivity index (χ1) is 14.6. The normalized spacial score (nSPS) is 13.7. The number of phenols is 1. The summed E-state index contributed by atoms with van der Waals surface area (Å²) in [5.74, 6) is -0.995. The molecule has 0 aromatic heterocycles. The summed E-state index contributed by atoms with van der Waals surface area (Å²) in [5, 5.41) is 25.0. The van der Waals surface area contributed by atoms with E-state index < -0.39 is 47.7 Å². The summed E-state index contributed by atoms with van der Waals surface area (Å²) in [6.07, 6.45) is -0.850. The number of aryl methyl sites for hydroxylation is 1. The lowest BCUT2D eigenvalue weighted by Gasteiger charge is -2.35. The molecule has 2 atom stereocenters. The van der Waals surface area contributed by atoms with Crippen molar-refractivity contribution in [2.45, 2.75) is 78.6 Å². The number of aromatic hydroxyl groups is 1. The van der Waals surface area contributed by atoms with Gasteiger partial charge in [0.05, 0.1) is 6.61 Å². The predicted molar refractivity (Wildman–Crippen MR) is 121 cm³/mol. The first-order valence-corrected chi connectivity index (χ1v) is 10.6. The Labute approximate surface area is 190 Å². The Balaban J connectivity index is 3.33. The summed E-state index contributed by atoms with van der Waals surface area (Å²) >= 11 is 0. The number of rotatable bonds is 7. The zero-order valence-electron chi connectivity index (χ0n) is 20.3. The molecule has 0 fully saturated rings. The van der Waals surface area contributed by atoms with Crippen molar-refractivity contribution < 1.29 is 29.3 Å². The van der Waals surface area contributed by atoms with Crippen LogP contribution in [0, 0.1) is 6.92 Å². The summed E-state index contributed by atoms with van der Waals surface area (Å²) in [5.41, 5.74) is -0.304. The molecular weight excluding hydrogens is 414 g/mol. The molecule has 0 aliphatic carbocycles. The van der Waals surface area contributed by atoms with Crippen LogP contribution in [-0.2, 0) is 14.3 Å². The molecule has 0 aliphatic rings. The topological polar surface area (TPSA) is 128 Å². The van der Waals surface area contributed by atoms with Gasteiger partial charge in [0.15, 0.2) is 0 Å². The molecule has 9 nitrogen and oxygen atoms in total. The van der Waals surface area contributed by atoms with E-state index in [-0.39, 0.29) is 12.3 Å². The summed E-state index contributed by atoms with van der Waals surface area (Å²) in [7, 11) is 0. The smallest absolute Gasteiger partial charge is 0.408 e. The second-order valence-electron chi connectivity index (χ2n) is 9.69. The zero-order chi connectivity index (χ0) is 24.9. The second-order valence-corrected chi connectivity index (χ2v) is 9.69. The van der Waals surface area contributed by atoms with Crippen LogP contribution in [0.3, 0.4) is 0 Å². The number of phenolic OH excluding ortho intramolecular Hbond substituents is 1. The van der Waals surface area contributed by atoms with Gasteiger partial charge in [-0.2, -0.15) is 0 Å². The number of carbonyl (C=O) groups is 3. The average molecular weight is 452 g/mol. The number of aliphatic hydroxyl groups excluding tert-OH is 1. The zero-order valence-corrected chi connectivity index (χ0v) is 20.3. The molecule has 1 aromatic rings. The number of alkyl carbamates (subject to hydrolysis) is 1. The van der Waals surface area contributed by atoms with Crippen molar-refractivity contribution in [2.75, 3.05) is 13.2 Å². The van der Waals surface area contributed by atoms with Gasteiger partial charge < -0.3 is 30.5 Å². The minimum absolute atomic E-state index is 0.0675. The number of aliphatic hydroxyl groups is 1. The number of hydrogen-bond donors (Lipinski definition) is 4. The number of carbonyl (C=O) groups excluding carboxylic acids is 3. The predicted octanol–water partition coefficient (Wildman–Crippen LogP) is 2.39. The van der Waals surface area contributed by atoms with Crippen molar-refractivity contribution in [1.82, 2.24) is 15.5 Å². The highest BCUT2D eigenvalue weighted by Crippen LogP contribution is 2.27. The van der Waals surface area contributed by atoms with E-state index in [1.807, 2.05) is 20.8 Å². The number of nitrogens with one attached hydrogen (secondary N) is 2. The minimum Gasteiger partial charge on any atom is -0.508 e. The second kappa shape index (κ2) is 10.7. The number of hydrogen-bond acceptors (Lipinski definition) is 6. The molecule has 0 bridgehead atoms. The van der Waals surface area contributed by atoms with E-state index in [2.05, 4.69) is 10.6 Å². The quantitative estimate of drug-likeness (QED) is 0.504. The number of ether oxygens (including phenoxy) is 1. The van der Waals surface area contributed by atoms with Crippen LogP contribution in [0.4, 0.5) is 4.79 Å². The monoisotopic (exact) mass is 451 g/mol. The van der Waals surface area contributed by atoms with E-state index in [0.29, 0.717) is 11.1 Å². The maximum absolute atomic E-state index is 13.3. The molecule has 180 valence electrons. The van der Waals surface area contributed by atoms with Gasteiger partial charge in [-0.3, -0.25) is 9.59 Å². The lowest BCUT2D eigenvalue weighted by molar-refractivity contribution is -0.143. The van der Waals surface area contributed by atoms with E-state index in [0.717, 1.165) is 0 Å². The van der Waals surface area contributed by atoms with Crippen LogP contribution in [0.2, 0.25) is 0 Å². The molecule has 1 rings (SSSR count). The van der Waals surface area contributed by atoms with Crippen molar-refractivity contribution in [3.63, 3.8) is 0 Å². The molecule has 0 saturated heterocycles. The fraction of sp³-hybridized carbons (Fsp3) is 0.609. The summed E-state index contributed by atoms with van der Waals surface area (Å²) in [6.45, 7) is 13.4. The van der Waals surface area contributed by atoms with Gasteiger partial charge in [-0.25, -0.2) is 4.79 Å². The summed E-state index contributed by atoms with van der Waals surface area (Å²) in [6, 6.07) is 2.32. The molecule has 32 heavy (non-hydrogen) atoms. The van der Waals surface area contributed by atoms with Crippen molar-refractivity contribution in [2.24, 2.45) is 0 Å². The van der Waals surface area contributed by atoms with Gasteiger partial charge in [0.25, 0.3) is 0 Å². The van der Waals surface area contributed by atoms with Gasteiger partial charge in [0.2, 0.25) is 11.8 Å². The lowest BCUT2D eigenvalue weighted by Crippen LogP contribution is -2.55. The largest absolute Gasteiger partial charge is 0.508 e. The van der Waals surface area contributed by atoms with Crippen LogP contribution < -0.4 is 10.6 Å². The Kier molecular flexibility index (Phi) is 9.08. The molecule has 2 unspecified atom stereocenters. The third-order valence-electron chi connectivity index (χ3n) is 4.39. The van der Waals surface area contributed by atoms with Gasteiger partial charge in [-0.05, 0) is 78.6 Å². The molecule has 0 radical (unpaired) electrons. The average Bonchev–Trinajstić information content (AvgIpc) is 2.63. The molecule has 0 heterocycles.